The molecule has 27 heavy (non-hydrogen) atoms. The molecule has 146 valence electrons. The zero-order valence-corrected chi connectivity index (χ0v) is 16.0. The molecule has 1 heterocycles. The lowest BCUT2D eigenvalue weighted by Crippen LogP contribution is -2.36. The van der Waals surface area contributed by atoms with Gasteiger partial charge in [-0.25, -0.2) is 0 Å². The number of carbonyl (C=O) groups excluding carboxylic acids is 1. The van der Waals surface area contributed by atoms with Gasteiger partial charge in [0.2, 0.25) is 0 Å². The molecule has 1 aromatic carbocycles. The van der Waals surface area contributed by atoms with E-state index in [1.807, 2.05) is 25.1 Å². The summed E-state index contributed by atoms with van der Waals surface area (Å²) in [6.45, 7) is 5.11. The summed E-state index contributed by atoms with van der Waals surface area (Å²) in [4.78, 5) is 15.1. The van der Waals surface area contributed by atoms with Gasteiger partial charge in [0.25, 0.3) is 5.91 Å². The van der Waals surface area contributed by atoms with Gasteiger partial charge in [-0.1, -0.05) is 31.1 Å². The lowest BCUT2D eigenvalue weighted by molar-refractivity contribution is -0.119. The molecule has 0 bridgehead atoms. The number of nitrogens with one attached hydrogen (secondary N) is 2. The number of guanidine groups is 1. The van der Waals surface area contributed by atoms with Crippen LogP contribution in [0.15, 0.2) is 33.8 Å². The molecule has 0 aliphatic carbocycles. The average molecular weight is 373 g/mol. The fraction of sp³-hybridized carbons (Fsp3) is 0.421. The van der Waals surface area contributed by atoms with Crippen LogP contribution in [0.4, 0.5) is 0 Å². The standard InChI is InChI=1S/C19H27N5O3/c1-4-16-15(17(5-2)27-24-16)11-23-19(21-3)22-10-13-7-6-8-14(9-13)26-12-18(20)25/h6-9H,4-5,10-12H2,1-3H3,(H2,20,25)(H2,21,22,23). The number of nitrogens with two attached hydrogens (primary N) is 1. The number of ether oxygens (including phenoxy) is 1. The predicted molar refractivity (Wildman–Crippen MR) is 103 cm³/mol. The molecule has 0 saturated carbocycles. The molecule has 1 aromatic heterocycles. The van der Waals surface area contributed by atoms with E-state index in [4.69, 9.17) is 15.0 Å². The summed E-state index contributed by atoms with van der Waals surface area (Å²) in [5.41, 5.74) is 8.15. The van der Waals surface area contributed by atoms with E-state index in [9.17, 15) is 4.79 Å². The Morgan fingerprint density at radius 1 is 1.26 bits per heavy atom. The first-order chi connectivity index (χ1) is 13.1. The second-order valence-electron chi connectivity index (χ2n) is 5.92. The first-order valence-electron chi connectivity index (χ1n) is 8.98. The summed E-state index contributed by atoms with van der Waals surface area (Å²) in [6, 6.07) is 7.46. The van der Waals surface area contributed by atoms with Crippen molar-refractivity contribution in [1.82, 2.24) is 15.8 Å². The van der Waals surface area contributed by atoms with E-state index in [1.165, 1.54) is 0 Å². The third-order valence-corrected chi connectivity index (χ3v) is 4.00. The Morgan fingerprint density at radius 2 is 2.04 bits per heavy atom. The lowest BCUT2D eigenvalue weighted by Gasteiger charge is -2.13. The summed E-state index contributed by atoms with van der Waals surface area (Å²) >= 11 is 0. The normalized spacial score (nSPS) is 11.3. The number of hydrogen-bond donors (Lipinski definition) is 3. The number of nitrogens with zero attached hydrogens (tertiary/aromatic N) is 2. The van der Waals surface area contributed by atoms with Gasteiger partial charge >= 0.3 is 0 Å². The Balaban J connectivity index is 1.92. The second kappa shape index (κ2) is 10.2. The SMILES string of the molecule is CCc1noc(CC)c1CNC(=NC)NCc1cccc(OCC(N)=O)c1. The van der Waals surface area contributed by atoms with Crippen LogP contribution in [0.25, 0.3) is 0 Å². The van der Waals surface area contributed by atoms with Crippen molar-refractivity contribution in [1.29, 1.82) is 0 Å². The molecular weight excluding hydrogens is 346 g/mol. The second-order valence-corrected chi connectivity index (χ2v) is 5.92. The molecular formula is C19H27N5O3. The van der Waals surface area contributed by atoms with Gasteiger partial charge in [-0.2, -0.15) is 0 Å². The highest BCUT2D eigenvalue weighted by Crippen LogP contribution is 2.15. The highest BCUT2D eigenvalue weighted by molar-refractivity contribution is 5.79. The minimum absolute atomic E-state index is 0.141. The fourth-order valence-corrected chi connectivity index (χ4v) is 2.62. The van der Waals surface area contributed by atoms with Gasteiger partial charge in [-0.15, -0.1) is 0 Å². The lowest BCUT2D eigenvalue weighted by atomic mass is 10.1. The summed E-state index contributed by atoms with van der Waals surface area (Å²) in [7, 11) is 1.72. The monoisotopic (exact) mass is 373 g/mol. The number of aromatic nitrogens is 1. The van der Waals surface area contributed by atoms with Crippen LogP contribution in [0.2, 0.25) is 0 Å². The Bertz CT molecular complexity index is 764. The molecule has 0 atom stereocenters. The number of aliphatic imine (C=N–C) groups is 1. The van der Waals surface area contributed by atoms with Crippen LogP contribution in [-0.4, -0.2) is 30.7 Å². The van der Waals surface area contributed by atoms with Crippen LogP contribution >= 0.6 is 0 Å². The molecule has 4 N–H and O–H groups in total. The summed E-state index contributed by atoms with van der Waals surface area (Å²) < 4.78 is 10.7. The molecule has 0 aliphatic heterocycles. The quantitative estimate of drug-likeness (QED) is 0.454. The van der Waals surface area contributed by atoms with Crippen molar-refractivity contribution >= 4 is 11.9 Å². The molecule has 8 nitrogen and oxygen atoms in total. The van der Waals surface area contributed by atoms with Crippen molar-refractivity contribution in [2.45, 2.75) is 39.8 Å². The molecule has 0 spiro atoms. The third-order valence-electron chi connectivity index (χ3n) is 4.00. The van der Waals surface area contributed by atoms with Crippen LogP contribution in [0, 0.1) is 0 Å². The number of primary amides is 1. The molecule has 0 unspecified atom stereocenters. The van der Waals surface area contributed by atoms with Gasteiger partial charge in [0.15, 0.2) is 12.6 Å². The molecule has 0 aliphatic rings. The van der Waals surface area contributed by atoms with Crippen molar-refractivity contribution in [2.75, 3.05) is 13.7 Å². The molecule has 2 rings (SSSR count). The molecule has 0 radical (unpaired) electrons. The minimum Gasteiger partial charge on any atom is -0.484 e. The third kappa shape index (κ3) is 6.02. The topological polar surface area (TPSA) is 115 Å². The summed E-state index contributed by atoms with van der Waals surface area (Å²) in [5.74, 6) is 1.66. The van der Waals surface area contributed by atoms with E-state index in [2.05, 4.69) is 27.7 Å². The number of carbonyl (C=O) groups is 1. The maximum atomic E-state index is 10.8. The molecule has 0 saturated heterocycles. The highest BCUT2D eigenvalue weighted by atomic mass is 16.5. The highest BCUT2D eigenvalue weighted by Gasteiger charge is 2.13. The van der Waals surface area contributed by atoms with Gasteiger partial charge in [0.05, 0.1) is 5.69 Å². The van der Waals surface area contributed by atoms with Gasteiger partial charge < -0.3 is 25.6 Å². The maximum absolute atomic E-state index is 10.8. The zero-order valence-electron chi connectivity index (χ0n) is 16.0. The molecule has 2 aromatic rings. The molecule has 0 fully saturated rings. The van der Waals surface area contributed by atoms with Crippen LogP contribution in [0.3, 0.4) is 0 Å². The first kappa shape index (κ1) is 20.3. The van der Waals surface area contributed by atoms with Gasteiger partial charge in [0, 0.05) is 32.1 Å². The van der Waals surface area contributed by atoms with E-state index in [-0.39, 0.29) is 6.61 Å². The molecule has 1 amide bonds. The average Bonchev–Trinajstić information content (AvgIpc) is 3.09. The fourth-order valence-electron chi connectivity index (χ4n) is 2.62. The number of rotatable bonds is 9. The summed E-state index contributed by atoms with van der Waals surface area (Å²) in [5, 5.41) is 10.7. The Kier molecular flexibility index (Phi) is 7.66. The van der Waals surface area contributed by atoms with Gasteiger partial charge in [0.1, 0.15) is 11.5 Å². The Morgan fingerprint density at radius 3 is 2.70 bits per heavy atom. The number of amides is 1. The Labute approximate surface area is 159 Å². The van der Waals surface area contributed by atoms with E-state index < -0.39 is 5.91 Å². The largest absolute Gasteiger partial charge is 0.484 e. The predicted octanol–water partition coefficient (Wildman–Crippen LogP) is 1.53. The van der Waals surface area contributed by atoms with E-state index in [1.54, 1.807) is 13.1 Å². The van der Waals surface area contributed by atoms with E-state index in [0.717, 1.165) is 35.4 Å². The summed E-state index contributed by atoms with van der Waals surface area (Å²) in [6.07, 6.45) is 1.62. The van der Waals surface area contributed by atoms with Crippen molar-refractivity contribution in [3.05, 3.63) is 46.8 Å². The van der Waals surface area contributed by atoms with Gasteiger partial charge in [-0.3, -0.25) is 9.79 Å². The maximum Gasteiger partial charge on any atom is 0.255 e. The van der Waals surface area contributed by atoms with Crippen molar-refractivity contribution < 1.29 is 14.1 Å². The Hall–Kier alpha value is -3.03. The van der Waals surface area contributed by atoms with Crippen molar-refractivity contribution in [3.8, 4) is 5.75 Å². The van der Waals surface area contributed by atoms with Crippen LogP contribution in [-0.2, 0) is 30.7 Å². The van der Waals surface area contributed by atoms with E-state index >= 15 is 0 Å². The smallest absolute Gasteiger partial charge is 0.255 e. The first-order valence-corrected chi connectivity index (χ1v) is 8.98. The van der Waals surface area contributed by atoms with Crippen LogP contribution in [0.1, 0.15) is 36.4 Å². The number of benzene rings is 1. The number of hydrogen-bond acceptors (Lipinski definition) is 5. The zero-order chi connectivity index (χ0) is 19.6. The van der Waals surface area contributed by atoms with Crippen LogP contribution in [0.5, 0.6) is 5.75 Å². The van der Waals surface area contributed by atoms with E-state index in [0.29, 0.717) is 24.8 Å². The minimum atomic E-state index is -0.505. The van der Waals surface area contributed by atoms with Crippen molar-refractivity contribution in [2.24, 2.45) is 10.7 Å². The van der Waals surface area contributed by atoms with Crippen molar-refractivity contribution in [3.63, 3.8) is 0 Å². The van der Waals surface area contributed by atoms with Gasteiger partial charge in [-0.05, 0) is 24.1 Å². The number of aryl methyl sites for hydroxylation is 2. The van der Waals surface area contributed by atoms with Crippen LogP contribution < -0.4 is 21.1 Å². The molecule has 8 heteroatoms.